The van der Waals surface area contributed by atoms with Crippen molar-refractivity contribution >= 4 is 22.6 Å². The van der Waals surface area contributed by atoms with Crippen molar-refractivity contribution in [1.29, 1.82) is 0 Å². The standard InChI is InChI=1S/C23H27N3O2/c1-16(2)13-26-15-18-11-12-25(14-17-5-4-6-21(26)22(17)18)23(27)24-19-7-9-20(28-3)10-8-19/h4-10,15-16H,11-14H2,1-3H3,(H,24,27). The van der Waals surface area contributed by atoms with Crippen LogP contribution in [0, 0.1) is 5.92 Å². The van der Waals surface area contributed by atoms with E-state index in [1.807, 2.05) is 29.2 Å². The Labute approximate surface area is 165 Å². The number of hydrogen-bond acceptors (Lipinski definition) is 2. The largest absolute Gasteiger partial charge is 0.497 e. The van der Waals surface area contributed by atoms with Crippen LogP contribution in [0.1, 0.15) is 25.0 Å². The van der Waals surface area contributed by atoms with E-state index in [2.05, 4.69) is 48.1 Å². The number of carbonyl (C=O) groups is 1. The maximum atomic E-state index is 12.9. The van der Waals surface area contributed by atoms with Crippen LogP contribution in [-0.4, -0.2) is 29.2 Å². The Kier molecular flexibility index (Phi) is 4.99. The van der Waals surface area contributed by atoms with Crippen molar-refractivity contribution < 1.29 is 9.53 Å². The van der Waals surface area contributed by atoms with Crippen molar-refractivity contribution in [2.45, 2.75) is 33.4 Å². The van der Waals surface area contributed by atoms with Crippen LogP contribution in [0.2, 0.25) is 0 Å². The van der Waals surface area contributed by atoms with Crippen molar-refractivity contribution in [3.8, 4) is 5.75 Å². The van der Waals surface area contributed by atoms with Gasteiger partial charge in [-0.1, -0.05) is 26.0 Å². The van der Waals surface area contributed by atoms with Crippen LogP contribution < -0.4 is 10.1 Å². The summed E-state index contributed by atoms with van der Waals surface area (Å²) in [4.78, 5) is 14.8. The van der Waals surface area contributed by atoms with Gasteiger partial charge in [-0.15, -0.1) is 0 Å². The molecule has 2 heterocycles. The van der Waals surface area contributed by atoms with E-state index in [1.54, 1.807) is 7.11 Å². The van der Waals surface area contributed by atoms with E-state index in [-0.39, 0.29) is 6.03 Å². The first kappa shape index (κ1) is 18.4. The van der Waals surface area contributed by atoms with Gasteiger partial charge >= 0.3 is 6.03 Å². The fourth-order valence-corrected chi connectivity index (χ4v) is 3.97. The first-order valence-corrected chi connectivity index (χ1v) is 9.84. The number of hydrogen-bond donors (Lipinski definition) is 1. The molecule has 146 valence electrons. The molecule has 2 aromatic carbocycles. The molecule has 0 saturated heterocycles. The quantitative estimate of drug-likeness (QED) is 0.703. The smallest absolute Gasteiger partial charge is 0.322 e. The molecule has 28 heavy (non-hydrogen) atoms. The lowest BCUT2D eigenvalue weighted by Gasteiger charge is -2.22. The molecule has 1 aliphatic heterocycles. The van der Waals surface area contributed by atoms with Crippen molar-refractivity contribution in [1.82, 2.24) is 9.47 Å². The minimum absolute atomic E-state index is 0.0672. The number of ether oxygens (including phenoxy) is 1. The highest BCUT2D eigenvalue weighted by Gasteiger charge is 2.22. The van der Waals surface area contributed by atoms with Gasteiger partial charge in [0.15, 0.2) is 0 Å². The number of carbonyl (C=O) groups excluding carboxylic acids is 1. The number of benzene rings is 2. The number of nitrogens with one attached hydrogen (secondary N) is 1. The van der Waals surface area contributed by atoms with Gasteiger partial charge in [0, 0.05) is 42.4 Å². The summed E-state index contributed by atoms with van der Waals surface area (Å²) < 4.78 is 7.54. The van der Waals surface area contributed by atoms with Crippen LogP contribution in [0.15, 0.2) is 48.7 Å². The highest BCUT2D eigenvalue weighted by atomic mass is 16.5. The van der Waals surface area contributed by atoms with Crippen LogP contribution in [-0.2, 0) is 19.5 Å². The Morgan fingerprint density at radius 3 is 2.64 bits per heavy atom. The van der Waals surface area contributed by atoms with Gasteiger partial charge in [0.25, 0.3) is 0 Å². The molecule has 0 bridgehead atoms. The fraction of sp³-hybridized carbons (Fsp3) is 0.348. The fourth-order valence-electron chi connectivity index (χ4n) is 3.97. The summed E-state index contributed by atoms with van der Waals surface area (Å²) in [6, 6.07) is 13.8. The molecule has 0 atom stereocenters. The number of methoxy groups -OCH3 is 1. The molecule has 1 aliphatic rings. The van der Waals surface area contributed by atoms with Crippen molar-refractivity contribution in [2.75, 3.05) is 19.0 Å². The van der Waals surface area contributed by atoms with Crippen LogP contribution in [0.4, 0.5) is 10.5 Å². The average molecular weight is 377 g/mol. The van der Waals surface area contributed by atoms with Gasteiger partial charge in [-0.05, 0) is 53.8 Å². The first-order chi connectivity index (χ1) is 13.5. The highest BCUT2D eigenvalue weighted by molar-refractivity contribution is 5.92. The maximum Gasteiger partial charge on any atom is 0.322 e. The lowest BCUT2D eigenvalue weighted by Crippen LogP contribution is -2.35. The topological polar surface area (TPSA) is 46.5 Å². The molecule has 0 fully saturated rings. The van der Waals surface area contributed by atoms with Crippen molar-refractivity contribution in [3.63, 3.8) is 0 Å². The van der Waals surface area contributed by atoms with Gasteiger partial charge < -0.3 is 19.5 Å². The van der Waals surface area contributed by atoms with Crippen LogP contribution in [0.3, 0.4) is 0 Å². The second kappa shape index (κ2) is 7.58. The molecule has 4 rings (SSSR count). The molecule has 0 unspecified atom stereocenters. The summed E-state index contributed by atoms with van der Waals surface area (Å²) in [6.07, 6.45) is 3.15. The van der Waals surface area contributed by atoms with E-state index in [1.165, 1.54) is 22.0 Å². The maximum absolute atomic E-state index is 12.9. The Morgan fingerprint density at radius 1 is 1.14 bits per heavy atom. The van der Waals surface area contributed by atoms with E-state index in [0.29, 0.717) is 19.0 Å². The third-order valence-corrected chi connectivity index (χ3v) is 5.27. The number of urea groups is 1. The SMILES string of the molecule is COc1ccc(NC(=O)N2CCc3cn(CC(C)C)c4cccc(c34)C2)cc1. The summed E-state index contributed by atoms with van der Waals surface area (Å²) >= 11 is 0. The Balaban J connectivity index is 1.56. The molecule has 1 aromatic heterocycles. The van der Waals surface area contributed by atoms with E-state index in [9.17, 15) is 4.79 Å². The van der Waals surface area contributed by atoms with E-state index in [4.69, 9.17) is 4.74 Å². The van der Waals surface area contributed by atoms with Crippen LogP contribution >= 0.6 is 0 Å². The third kappa shape index (κ3) is 3.57. The Hall–Kier alpha value is -2.95. The molecule has 1 N–H and O–H groups in total. The summed E-state index contributed by atoms with van der Waals surface area (Å²) in [7, 11) is 1.63. The summed E-state index contributed by atoms with van der Waals surface area (Å²) in [6.45, 7) is 6.83. The second-order valence-electron chi connectivity index (χ2n) is 7.84. The minimum Gasteiger partial charge on any atom is -0.497 e. The van der Waals surface area contributed by atoms with Gasteiger partial charge in [-0.3, -0.25) is 0 Å². The summed E-state index contributed by atoms with van der Waals surface area (Å²) in [5.74, 6) is 1.37. The van der Waals surface area contributed by atoms with Crippen LogP contribution in [0.5, 0.6) is 5.75 Å². The zero-order valence-corrected chi connectivity index (χ0v) is 16.7. The number of aromatic nitrogens is 1. The minimum atomic E-state index is -0.0672. The highest BCUT2D eigenvalue weighted by Crippen LogP contribution is 2.30. The van der Waals surface area contributed by atoms with Gasteiger partial charge in [0.2, 0.25) is 0 Å². The third-order valence-electron chi connectivity index (χ3n) is 5.27. The van der Waals surface area contributed by atoms with Crippen molar-refractivity contribution in [2.24, 2.45) is 5.92 Å². The molecule has 0 saturated carbocycles. The number of amides is 2. The second-order valence-corrected chi connectivity index (χ2v) is 7.84. The molecular weight excluding hydrogens is 350 g/mol. The zero-order valence-electron chi connectivity index (χ0n) is 16.7. The van der Waals surface area contributed by atoms with E-state index in [0.717, 1.165) is 24.4 Å². The van der Waals surface area contributed by atoms with E-state index >= 15 is 0 Å². The Bertz CT molecular complexity index is 989. The van der Waals surface area contributed by atoms with Crippen LogP contribution in [0.25, 0.3) is 10.9 Å². The number of anilines is 1. The van der Waals surface area contributed by atoms with E-state index < -0.39 is 0 Å². The summed E-state index contributed by atoms with van der Waals surface area (Å²) in [5, 5.41) is 4.33. The first-order valence-electron chi connectivity index (χ1n) is 9.84. The summed E-state index contributed by atoms with van der Waals surface area (Å²) in [5.41, 5.74) is 4.61. The predicted octanol–water partition coefficient (Wildman–Crippen LogP) is 4.90. The molecule has 2 amide bonds. The molecule has 0 spiro atoms. The van der Waals surface area contributed by atoms with Crippen molar-refractivity contribution in [3.05, 3.63) is 59.8 Å². The lowest BCUT2D eigenvalue weighted by atomic mass is 10.1. The monoisotopic (exact) mass is 377 g/mol. The molecule has 5 heteroatoms. The molecule has 0 radical (unpaired) electrons. The van der Waals surface area contributed by atoms with Gasteiger partial charge in [-0.25, -0.2) is 4.79 Å². The predicted molar refractivity (Wildman–Crippen MR) is 113 cm³/mol. The molecular formula is C23H27N3O2. The van der Waals surface area contributed by atoms with Gasteiger partial charge in [-0.2, -0.15) is 0 Å². The Morgan fingerprint density at radius 2 is 1.93 bits per heavy atom. The molecule has 5 nitrogen and oxygen atoms in total. The van der Waals surface area contributed by atoms with Gasteiger partial charge in [0.1, 0.15) is 5.75 Å². The average Bonchev–Trinajstić information content (AvgIpc) is 2.91. The lowest BCUT2D eigenvalue weighted by molar-refractivity contribution is 0.210. The zero-order chi connectivity index (χ0) is 19.7. The number of rotatable bonds is 4. The number of nitrogens with zero attached hydrogens (tertiary/aromatic N) is 2. The van der Waals surface area contributed by atoms with Gasteiger partial charge in [0.05, 0.1) is 7.11 Å². The molecule has 3 aromatic rings. The molecule has 0 aliphatic carbocycles. The normalized spacial score (nSPS) is 13.6.